The van der Waals surface area contributed by atoms with Crippen molar-refractivity contribution in [3.63, 3.8) is 0 Å². The van der Waals surface area contributed by atoms with E-state index in [1.54, 1.807) is 6.92 Å². The molecule has 11 heteroatoms. The predicted octanol–water partition coefficient (Wildman–Crippen LogP) is 4.48. The summed E-state index contributed by atoms with van der Waals surface area (Å²) in [5, 5.41) is 2.84. The Morgan fingerprint density at radius 3 is 2.21 bits per heavy atom. The smallest absolute Gasteiger partial charge is 0.354 e. The number of amides is 2. The van der Waals surface area contributed by atoms with Gasteiger partial charge in [0.05, 0.1) is 17.5 Å². The van der Waals surface area contributed by atoms with Crippen molar-refractivity contribution in [3.8, 4) is 0 Å². The van der Waals surface area contributed by atoms with Gasteiger partial charge in [0.2, 0.25) is 21.8 Å². The number of benzene rings is 2. The maximum atomic E-state index is 13.2. The van der Waals surface area contributed by atoms with E-state index in [-0.39, 0.29) is 49.4 Å². The molecular weight excluding hydrogens is 519 g/mol. The van der Waals surface area contributed by atoms with Crippen LogP contribution in [0.15, 0.2) is 54.6 Å². The Labute approximate surface area is 223 Å². The van der Waals surface area contributed by atoms with Crippen LogP contribution >= 0.6 is 0 Å². The van der Waals surface area contributed by atoms with Crippen molar-refractivity contribution in [2.24, 2.45) is 5.92 Å². The van der Waals surface area contributed by atoms with Gasteiger partial charge in [-0.25, -0.2) is 8.42 Å². The van der Waals surface area contributed by atoms with E-state index in [1.807, 2.05) is 44.2 Å². The number of sulfonamides is 1. The molecule has 1 atom stereocenters. The number of nitrogens with one attached hydrogen (secondary N) is 1. The first-order chi connectivity index (χ1) is 17.7. The second kappa shape index (κ2) is 13.6. The summed E-state index contributed by atoms with van der Waals surface area (Å²) in [7, 11) is -3.91. The molecule has 0 heterocycles. The van der Waals surface area contributed by atoms with Crippen molar-refractivity contribution < 1.29 is 31.2 Å². The van der Waals surface area contributed by atoms with E-state index in [1.165, 1.54) is 11.0 Å². The van der Waals surface area contributed by atoms with Gasteiger partial charge in [0.1, 0.15) is 6.04 Å². The molecule has 0 saturated heterocycles. The Balaban J connectivity index is 2.15. The van der Waals surface area contributed by atoms with Gasteiger partial charge in [-0.3, -0.25) is 13.9 Å². The molecule has 0 aliphatic rings. The lowest BCUT2D eigenvalue weighted by molar-refractivity contribution is -0.140. The SMILES string of the molecule is CC(C)CNC(=O)[C@H](C)N(CCc1ccccc1)C(=O)CCCN(c1cccc(C(F)(F)F)c1)S(C)(=O)=O. The van der Waals surface area contributed by atoms with E-state index in [9.17, 15) is 31.2 Å². The van der Waals surface area contributed by atoms with Gasteiger partial charge < -0.3 is 10.2 Å². The zero-order valence-corrected chi connectivity index (χ0v) is 23.0. The molecule has 0 aromatic heterocycles. The van der Waals surface area contributed by atoms with Gasteiger partial charge in [-0.15, -0.1) is 0 Å². The van der Waals surface area contributed by atoms with Gasteiger partial charge >= 0.3 is 6.18 Å². The highest BCUT2D eigenvalue weighted by Crippen LogP contribution is 2.32. The van der Waals surface area contributed by atoms with Gasteiger partial charge in [0.15, 0.2) is 0 Å². The number of halogens is 3. The van der Waals surface area contributed by atoms with E-state index in [2.05, 4.69) is 5.32 Å². The molecule has 7 nitrogen and oxygen atoms in total. The summed E-state index contributed by atoms with van der Waals surface area (Å²) >= 11 is 0. The number of hydrogen-bond donors (Lipinski definition) is 1. The molecule has 38 heavy (non-hydrogen) atoms. The number of hydrogen-bond acceptors (Lipinski definition) is 4. The molecule has 0 saturated carbocycles. The number of nitrogens with zero attached hydrogens (tertiary/aromatic N) is 2. The first kappa shape index (κ1) is 31.1. The third kappa shape index (κ3) is 9.66. The summed E-state index contributed by atoms with van der Waals surface area (Å²) in [5.41, 5.74) is -0.0990. The zero-order valence-electron chi connectivity index (χ0n) is 22.2. The molecule has 2 amide bonds. The topological polar surface area (TPSA) is 86.8 Å². The minimum atomic E-state index is -4.62. The van der Waals surface area contributed by atoms with Crippen molar-refractivity contribution in [1.82, 2.24) is 10.2 Å². The first-order valence-electron chi connectivity index (χ1n) is 12.5. The summed E-state index contributed by atoms with van der Waals surface area (Å²) in [6.45, 7) is 6.12. The average molecular weight is 556 g/mol. The van der Waals surface area contributed by atoms with Crippen molar-refractivity contribution >= 4 is 27.5 Å². The normalized spacial score (nSPS) is 12.7. The van der Waals surface area contributed by atoms with Crippen LogP contribution in [0.2, 0.25) is 0 Å². The molecule has 2 aromatic rings. The first-order valence-corrected chi connectivity index (χ1v) is 14.3. The fourth-order valence-electron chi connectivity index (χ4n) is 3.86. The fraction of sp³-hybridized carbons (Fsp3) is 0.481. The van der Waals surface area contributed by atoms with Crippen LogP contribution in [0, 0.1) is 5.92 Å². The van der Waals surface area contributed by atoms with Gasteiger partial charge in [-0.05, 0) is 49.4 Å². The number of carbonyl (C=O) groups is 2. The van der Waals surface area contributed by atoms with Crippen LogP contribution in [0.25, 0.3) is 0 Å². The Morgan fingerprint density at radius 1 is 0.974 bits per heavy atom. The van der Waals surface area contributed by atoms with Gasteiger partial charge in [-0.1, -0.05) is 50.2 Å². The van der Waals surface area contributed by atoms with E-state index >= 15 is 0 Å². The standard InChI is InChI=1S/C27H36F3N3O4S/c1-20(2)19-31-26(35)21(3)32(17-15-22-10-6-5-7-11-22)25(34)14-9-16-33(38(4,36)37)24-13-8-12-23(18-24)27(28,29)30/h5-8,10-13,18,20-21H,9,14-17,19H2,1-4H3,(H,31,35)/t21-/m0/s1. The number of alkyl halides is 3. The molecular formula is C27H36F3N3O4S. The third-order valence-corrected chi connectivity index (χ3v) is 7.14. The molecule has 2 rings (SSSR count). The Morgan fingerprint density at radius 2 is 1.63 bits per heavy atom. The molecule has 0 radical (unpaired) electrons. The molecule has 210 valence electrons. The lowest BCUT2D eigenvalue weighted by Crippen LogP contribution is -2.49. The van der Waals surface area contributed by atoms with E-state index < -0.39 is 27.8 Å². The molecule has 0 unspecified atom stereocenters. The molecule has 0 aliphatic carbocycles. The van der Waals surface area contributed by atoms with E-state index in [0.29, 0.717) is 13.0 Å². The van der Waals surface area contributed by atoms with Crippen molar-refractivity contribution in [2.45, 2.75) is 52.3 Å². The van der Waals surface area contributed by atoms with Crippen LogP contribution < -0.4 is 9.62 Å². The molecule has 0 spiro atoms. The quantitative estimate of drug-likeness (QED) is 0.395. The molecule has 2 aromatic carbocycles. The largest absolute Gasteiger partial charge is 0.416 e. The average Bonchev–Trinajstić information content (AvgIpc) is 2.84. The minimum absolute atomic E-state index is 0.0598. The molecule has 0 bridgehead atoms. The van der Waals surface area contributed by atoms with E-state index in [4.69, 9.17) is 0 Å². The highest BCUT2D eigenvalue weighted by molar-refractivity contribution is 7.92. The fourth-order valence-corrected chi connectivity index (χ4v) is 4.82. The summed E-state index contributed by atoms with van der Waals surface area (Å²) in [6.07, 6.45) is -3.22. The highest BCUT2D eigenvalue weighted by Gasteiger charge is 2.32. The van der Waals surface area contributed by atoms with Crippen molar-refractivity contribution in [2.75, 3.05) is 30.2 Å². The Bertz CT molecular complexity index is 1170. The lowest BCUT2D eigenvalue weighted by atomic mass is 10.1. The van der Waals surface area contributed by atoms with Gasteiger partial charge in [-0.2, -0.15) is 13.2 Å². The summed E-state index contributed by atoms with van der Waals surface area (Å²) in [4.78, 5) is 27.4. The zero-order chi connectivity index (χ0) is 28.5. The maximum absolute atomic E-state index is 13.2. The number of carbonyl (C=O) groups excluding carboxylic acids is 2. The van der Waals surface area contributed by atoms with Crippen LogP contribution in [0.3, 0.4) is 0 Å². The second-order valence-corrected chi connectivity index (χ2v) is 11.5. The molecule has 0 aliphatic heterocycles. The Kier molecular flexibility index (Phi) is 11.2. The molecule has 0 fully saturated rings. The van der Waals surface area contributed by atoms with Crippen molar-refractivity contribution in [1.29, 1.82) is 0 Å². The summed E-state index contributed by atoms with van der Waals surface area (Å²) < 4.78 is 65.1. The van der Waals surface area contributed by atoms with Crippen LogP contribution in [-0.4, -0.2) is 57.1 Å². The minimum Gasteiger partial charge on any atom is -0.354 e. The third-order valence-electron chi connectivity index (χ3n) is 5.95. The number of rotatable bonds is 13. The lowest BCUT2D eigenvalue weighted by Gasteiger charge is -2.29. The van der Waals surface area contributed by atoms with E-state index in [0.717, 1.165) is 34.3 Å². The summed E-state index contributed by atoms with van der Waals surface area (Å²) in [6, 6.07) is 12.8. The number of anilines is 1. The summed E-state index contributed by atoms with van der Waals surface area (Å²) in [5.74, 6) is -0.398. The Hall–Kier alpha value is -3.08. The molecule has 1 N–H and O–H groups in total. The predicted molar refractivity (Wildman–Crippen MR) is 142 cm³/mol. The van der Waals surface area contributed by atoms with Crippen LogP contribution in [0.1, 0.15) is 44.7 Å². The van der Waals surface area contributed by atoms with Crippen LogP contribution in [0.4, 0.5) is 18.9 Å². The van der Waals surface area contributed by atoms with Crippen LogP contribution in [-0.2, 0) is 32.2 Å². The monoisotopic (exact) mass is 555 g/mol. The van der Waals surface area contributed by atoms with Gasteiger partial charge in [0.25, 0.3) is 0 Å². The van der Waals surface area contributed by atoms with Crippen molar-refractivity contribution in [3.05, 3.63) is 65.7 Å². The maximum Gasteiger partial charge on any atom is 0.416 e. The second-order valence-electron chi connectivity index (χ2n) is 9.62. The van der Waals surface area contributed by atoms with Crippen LogP contribution in [0.5, 0.6) is 0 Å². The van der Waals surface area contributed by atoms with Gasteiger partial charge in [0, 0.05) is 26.1 Å². The highest BCUT2D eigenvalue weighted by atomic mass is 32.2.